The highest BCUT2D eigenvalue weighted by Gasteiger charge is 2.19. The molecule has 0 aromatic rings. The zero-order chi connectivity index (χ0) is 10.3. The third kappa shape index (κ3) is 6.34. The average Bonchev–Trinajstić information content (AvgIpc) is 2.11. The number of nitrogens with two attached hydrogens (primary N) is 1. The van der Waals surface area contributed by atoms with Crippen molar-refractivity contribution in [1.82, 2.24) is 0 Å². The van der Waals surface area contributed by atoms with E-state index in [0.717, 1.165) is 25.3 Å². The molecule has 3 heteroatoms. The number of hydrogen-bond donors (Lipinski definition) is 1. The fourth-order valence-corrected chi connectivity index (χ4v) is 0.948. The molecule has 0 aliphatic rings. The van der Waals surface area contributed by atoms with Gasteiger partial charge in [0.05, 0.1) is 0 Å². The molecule has 0 radical (unpaired) electrons. The van der Waals surface area contributed by atoms with Gasteiger partial charge in [-0.25, -0.2) is 4.79 Å². The van der Waals surface area contributed by atoms with Crippen LogP contribution in [0.5, 0.6) is 0 Å². The second-order valence-electron chi connectivity index (χ2n) is 3.57. The molecule has 0 saturated carbocycles. The van der Waals surface area contributed by atoms with Gasteiger partial charge in [0.2, 0.25) is 0 Å². The number of carbonyl (C=O) groups excluding carboxylic acids is 1. The van der Waals surface area contributed by atoms with Gasteiger partial charge in [-0.3, -0.25) is 0 Å². The highest BCUT2D eigenvalue weighted by molar-refractivity contribution is 5.81. The van der Waals surface area contributed by atoms with E-state index in [0.29, 0.717) is 0 Å². The Balaban J connectivity index is 3.74. The molecule has 13 heavy (non-hydrogen) atoms. The van der Waals surface area contributed by atoms with Crippen molar-refractivity contribution in [3.8, 4) is 0 Å². The van der Waals surface area contributed by atoms with Crippen molar-refractivity contribution in [2.45, 2.75) is 38.6 Å². The van der Waals surface area contributed by atoms with E-state index in [9.17, 15) is 4.79 Å². The minimum Gasteiger partial charge on any atom is -0.461 e. The lowest BCUT2D eigenvalue weighted by atomic mass is 9.97. The summed E-state index contributed by atoms with van der Waals surface area (Å²) in [6.07, 6.45) is 4.17. The van der Waals surface area contributed by atoms with Gasteiger partial charge < -0.3 is 10.5 Å². The molecule has 0 aliphatic heterocycles. The molecule has 0 fully saturated rings. The number of esters is 1. The molecular weight excluding hydrogens is 166 g/mol. The van der Waals surface area contributed by atoms with Gasteiger partial charge in [0.1, 0.15) is 6.61 Å². The summed E-state index contributed by atoms with van der Waals surface area (Å²) in [6.45, 7) is 7.56. The number of ether oxygens (including phenoxy) is 1. The van der Waals surface area contributed by atoms with Crippen LogP contribution in [-0.4, -0.2) is 18.1 Å². The van der Waals surface area contributed by atoms with Crippen LogP contribution < -0.4 is 5.73 Å². The van der Waals surface area contributed by atoms with E-state index in [1.807, 2.05) is 6.92 Å². The summed E-state index contributed by atoms with van der Waals surface area (Å²) in [5.41, 5.74) is 5.49. The molecular formula is C10H19NO2. The fraction of sp³-hybridized carbons (Fsp3) is 0.700. The molecule has 0 bridgehead atoms. The SMILES string of the molecule is C=CC(=O)OCC(C)(N)CCCC. The summed E-state index contributed by atoms with van der Waals surface area (Å²) in [4.78, 5) is 10.7. The first-order valence-electron chi connectivity index (χ1n) is 4.60. The quantitative estimate of drug-likeness (QED) is 0.505. The van der Waals surface area contributed by atoms with Gasteiger partial charge in [0.25, 0.3) is 0 Å². The molecule has 0 spiro atoms. The topological polar surface area (TPSA) is 52.3 Å². The largest absolute Gasteiger partial charge is 0.461 e. The summed E-state index contributed by atoms with van der Waals surface area (Å²) in [5, 5.41) is 0. The Morgan fingerprint density at radius 3 is 2.77 bits per heavy atom. The highest BCUT2D eigenvalue weighted by Crippen LogP contribution is 2.10. The Bertz CT molecular complexity index is 176. The maximum atomic E-state index is 10.7. The predicted octanol–water partition coefficient (Wildman–Crippen LogP) is 1.62. The van der Waals surface area contributed by atoms with Crippen LogP contribution >= 0.6 is 0 Å². The Labute approximate surface area is 79.9 Å². The predicted molar refractivity (Wildman–Crippen MR) is 53.3 cm³/mol. The van der Waals surface area contributed by atoms with Crippen molar-refractivity contribution < 1.29 is 9.53 Å². The van der Waals surface area contributed by atoms with Crippen molar-refractivity contribution in [3.05, 3.63) is 12.7 Å². The van der Waals surface area contributed by atoms with Gasteiger partial charge in [0.15, 0.2) is 0 Å². The summed E-state index contributed by atoms with van der Waals surface area (Å²) >= 11 is 0. The number of unbranched alkanes of at least 4 members (excludes halogenated alkanes) is 1. The summed E-state index contributed by atoms with van der Waals surface area (Å²) in [6, 6.07) is 0. The third-order valence-corrected chi connectivity index (χ3v) is 1.81. The van der Waals surface area contributed by atoms with Crippen molar-refractivity contribution in [2.75, 3.05) is 6.61 Å². The number of carbonyl (C=O) groups is 1. The van der Waals surface area contributed by atoms with Crippen molar-refractivity contribution >= 4 is 5.97 Å². The molecule has 0 amide bonds. The van der Waals surface area contributed by atoms with Gasteiger partial charge in [0, 0.05) is 11.6 Å². The maximum Gasteiger partial charge on any atom is 0.330 e. The standard InChI is InChI=1S/C10H19NO2/c1-4-6-7-10(3,11)8-13-9(12)5-2/h5H,2,4,6-8,11H2,1,3H3. The molecule has 0 aromatic heterocycles. The first-order chi connectivity index (χ1) is 6.02. The van der Waals surface area contributed by atoms with Crippen LogP contribution in [0.15, 0.2) is 12.7 Å². The van der Waals surface area contributed by atoms with Crippen LogP contribution in [0.4, 0.5) is 0 Å². The van der Waals surface area contributed by atoms with Crippen LogP contribution in [0.2, 0.25) is 0 Å². The minimum absolute atomic E-state index is 0.262. The fourth-order valence-electron chi connectivity index (χ4n) is 0.948. The third-order valence-electron chi connectivity index (χ3n) is 1.81. The summed E-state index contributed by atoms with van der Waals surface area (Å²) in [7, 11) is 0. The van der Waals surface area contributed by atoms with Crippen molar-refractivity contribution in [2.24, 2.45) is 5.73 Å². The van der Waals surface area contributed by atoms with Gasteiger partial charge in [-0.1, -0.05) is 26.3 Å². The Hall–Kier alpha value is -0.830. The lowest BCUT2D eigenvalue weighted by Gasteiger charge is -2.23. The van der Waals surface area contributed by atoms with Crippen LogP contribution in [0, 0.1) is 0 Å². The zero-order valence-corrected chi connectivity index (χ0v) is 8.51. The Morgan fingerprint density at radius 2 is 2.31 bits per heavy atom. The molecule has 0 rings (SSSR count). The van der Waals surface area contributed by atoms with E-state index >= 15 is 0 Å². The smallest absolute Gasteiger partial charge is 0.330 e. The Kier molecular flexibility index (Phi) is 5.39. The molecule has 1 atom stereocenters. The second kappa shape index (κ2) is 5.75. The van der Waals surface area contributed by atoms with E-state index in [2.05, 4.69) is 13.5 Å². The molecule has 3 nitrogen and oxygen atoms in total. The monoisotopic (exact) mass is 185 g/mol. The lowest BCUT2D eigenvalue weighted by Crippen LogP contribution is -2.41. The Morgan fingerprint density at radius 1 is 1.69 bits per heavy atom. The van der Waals surface area contributed by atoms with E-state index < -0.39 is 11.5 Å². The van der Waals surface area contributed by atoms with Crippen molar-refractivity contribution in [3.63, 3.8) is 0 Å². The van der Waals surface area contributed by atoms with E-state index in [1.54, 1.807) is 0 Å². The first-order valence-corrected chi connectivity index (χ1v) is 4.60. The van der Waals surface area contributed by atoms with Gasteiger partial charge in [-0.15, -0.1) is 0 Å². The normalized spacial score (nSPS) is 14.7. The molecule has 1 unspecified atom stereocenters. The average molecular weight is 185 g/mol. The number of hydrogen-bond acceptors (Lipinski definition) is 3. The van der Waals surface area contributed by atoms with Crippen LogP contribution in [0.25, 0.3) is 0 Å². The van der Waals surface area contributed by atoms with Gasteiger partial charge in [-0.2, -0.15) is 0 Å². The van der Waals surface area contributed by atoms with Crippen molar-refractivity contribution in [1.29, 1.82) is 0 Å². The number of rotatable bonds is 6. The van der Waals surface area contributed by atoms with E-state index in [1.165, 1.54) is 0 Å². The van der Waals surface area contributed by atoms with Gasteiger partial charge in [-0.05, 0) is 13.3 Å². The maximum absolute atomic E-state index is 10.7. The zero-order valence-electron chi connectivity index (χ0n) is 8.51. The highest BCUT2D eigenvalue weighted by atomic mass is 16.5. The van der Waals surface area contributed by atoms with Crippen LogP contribution in [0.1, 0.15) is 33.1 Å². The molecule has 0 aliphatic carbocycles. The lowest BCUT2D eigenvalue weighted by molar-refractivity contribution is -0.139. The van der Waals surface area contributed by atoms with E-state index in [-0.39, 0.29) is 6.61 Å². The first kappa shape index (κ1) is 12.2. The molecule has 2 N–H and O–H groups in total. The van der Waals surface area contributed by atoms with Crippen LogP contribution in [0.3, 0.4) is 0 Å². The molecule has 0 heterocycles. The van der Waals surface area contributed by atoms with E-state index in [4.69, 9.17) is 10.5 Å². The molecule has 0 saturated heterocycles. The summed E-state index contributed by atoms with van der Waals surface area (Å²) in [5.74, 6) is -0.409. The molecule has 76 valence electrons. The second-order valence-corrected chi connectivity index (χ2v) is 3.57. The minimum atomic E-state index is -0.409. The summed E-state index contributed by atoms with van der Waals surface area (Å²) < 4.78 is 4.87. The van der Waals surface area contributed by atoms with Crippen LogP contribution in [-0.2, 0) is 9.53 Å². The van der Waals surface area contributed by atoms with Gasteiger partial charge >= 0.3 is 5.97 Å². The molecule has 0 aromatic carbocycles.